The molecule has 1 N–H and O–H groups in total. The number of hydrogen-bond donors (Lipinski definition) is 1. The summed E-state index contributed by atoms with van der Waals surface area (Å²) in [5, 5.41) is 4.03. The quantitative estimate of drug-likeness (QED) is 0.927. The van der Waals surface area contributed by atoms with Crippen molar-refractivity contribution in [3.63, 3.8) is 0 Å². The van der Waals surface area contributed by atoms with Gasteiger partial charge in [0.05, 0.1) is 15.8 Å². The number of hydrogen-bond acceptors (Lipinski definition) is 3. The Kier molecular flexibility index (Phi) is 4.74. The maximum absolute atomic E-state index is 12.3. The summed E-state index contributed by atoms with van der Waals surface area (Å²) in [6.07, 6.45) is 0. The molecule has 0 spiro atoms. The molecule has 1 saturated heterocycles. The van der Waals surface area contributed by atoms with Crippen LogP contribution >= 0.6 is 23.2 Å². The van der Waals surface area contributed by atoms with Crippen molar-refractivity contribution in [1.29, 1.82) is 0 Å². The third-order valence-corrected chi connectivity index (χ3v) is 5.61. The van der Waals surface area contributed by atoms with E-state index < -0.39 is 10.0 Å². The first kappa shape index (κ1) is 15.1. The lowest BCUT2D eigenvalue weighted by molar-refractivity contribution is 0.310. The third kappa shape index (κ3) is 3.83. The van der Waals surface area contributed by atoms with E-state index in [-0.39, 0.29) is 11.8 Å². The van der Waals surface area contributed by atoms with Crippen LogP contribution in [0.4, 0.5) is 0 Å². The van der Waals surface area contributed by atoms with E-state index in [1.54, 1.807) is 18.2 Å². The first-order valence-corrected chi connectivity index (χ1v) is 8.40. The Morgan fingerprint density at radius 1 is 1.37 bits per heavy atom. The first-order valence-electron chi connectivity index (χ1n) is 6.03. The Balaban J connectivity index is 2.14. The summed E-state index contributed by atoms with van der Waals surface area (Å²) in [4.78, 5) is 0. The van der Waals surface area contributed by atoms with Gasteiger partial charge in [-0.15, -0.1) is 0 Å². The molecule has 0 amide bonds. The minimum absolute atomic E-state index is 0.0450. The van der Waals surface area contributed by atoms with Crippen LogP contribution in [0.15, 0.2) is 18.2 Å². The molecule has 1 aromatic carbocycles. The molecule has 1 unspecified atom stereocenters. The molecule has 7 heteroatoms. The van der Waals surface area contributed by atoms with Gasteiger partial charge in [0.25, 0.3) is 0 Å². The van der Waals surface area contributed by atoms with Gasteiger partial charge in [-0.3, -0.25) is 0 Å². The molecule has 1 aliphatic heterocycles. The van der Waals surface area contributed by atoms with Crippen LogP contribution in [0.2, 0.25) is 10.0 Å². The summed E-state index contributed by atoms with van der Waals surface area (Å²) in [6.45, 7) is 3.67. The van der Waals surface area contributed by atoms with Crippen LogP contribution in [0.1, 0.15) is 12.5 Å². The van der Waals surface area contributed by atoms with Gasteiger partial charge in [-0.2, -0.15) is 4.31 Å². The number of rotatable bonds is 3. The van der Waals surface area contributed by atoms with E-state index in [0.717, 1.165) is 0 Å². The lowest BCUT2D eigenvalue weighted by Gasteiger charge is -2.31. The monoisotopic (exact) mass is 322 g/mol. The van der Waals surface area contributed by atoms with E-state index in [0.29, 0.717) is 35.2 Å². The number of sulfonamides is 1. The Bertz CT molecular complexity index is 563. The molecular weight excluding hydrogens is 307 g/mol. The van der Waals surface area contributed by atoms with Gasteiger partial charge < -0.3 is 5.32 Å². The Hall–Kier alpha value is -0.330. The average molecular weight is 323 g/mol. The molecule has 106 valence electrons. The number of benzene rings is 1. The maximum Gasteiger partial charge on any atom is 0.218 e. The van der Waals surface area contributed by atoms with Crippen molar-refractivity contribution in [2.24, 2.45) is 0 Å². The highest BCUT2D eigenvalue weighted by atomic mass is 35.5. The molecule has 19 heavy (non-hydrogen) atoms. The van der Waals surface area contributed by atoms with Crippen LogP contribution in [0.3, 0.4) is 0 Å². The maximum atomic E-state index is 12.3. The van der Waals surface area contributed by atoms with Crippen molar-refractivity contribution in [3.05, 3.63) is 33.8 Å². The van der Waals surface area contributed by atoms with E-state index in [4.69, 9.17) is 23.2 Å². The highest BCUT2D eigenvalue weighted by Crippen LogP contribution is 2.24. The predicted molar refractivity (Wildman–Crippen MR) is 78.1 cm³/mol. The van der Waals surface area contributed by atoms with Crippen LogP contribution in [0.25, 0.3) is 0 Å². The fraction of sp³-hybridized carbons (Fsp3) is 0.500. The van der Waals surface area contributed by atoms with Crippen molar-refractivity contribution < 1.29 is 8.42 Å². The zero-order chi connectivity index (χ0) is 14.0. The summed E-state index contributed by atoms with van der Waals surface area (Å²) in [7, 11) is -3.31. The van der Waals surface area contributed by atoms with E-state index in [1.165, 1.54) is 4.31 Å². The van der Waals surface area contributed by atoms with Crippen LogP contribution in [0.5, 0.6) is 0 Å². The predicted octanol–water partition coefficient (Wildman–Crippen LogP) is 2.12. The summed E-state index contributed by atoms with van der Waals surface area (Å²) < 4.78 is 26.2. The van der Waals surface area contributed by atoms with E-state index in [1.807, 2.05) is 6.92 Å². The summed E-state index contributed by atoms with van der Waals surface area (Å²) in [5.41, 5.74) is 0.653. The lowest BCUT2D eigenvalue weighted by atomic mass is 10.2. The standard InChI is InChI=1S/C12H16Cl2N2O2S/c1-9-7-16(5-4-15-9)19(17,18)8-10-2-3-11(13)12(14)6-10/h2-3,6,9,15H,4-5,7-8H2,1H3. The highest BCUT2D eigenvalue weighted by Gasteiger charge is 2.26. The molecule has 1 fully saturated rings. The fourth-order valence-electron chi connectivity index (χ4n) is 2.08. The molecule has 0 radical (unpaired) electrons. The second kappa shape index (κ2) is 5.97. The van der Waals surface area contributed by atoms with Gasteiger partial charge in [0.15, 0.2) is 0 Å². The second-order valence-corrected chi connectivity index (χ2v) is 7.50. The first-order chi connectivity index (χ1) is 8.88. The molecule has 0 aromatic heterocycles. The molecule has 0 bridgehead atoms. The van der Waals surface area contributed by atoms with Crippen molar-refractivity contribution in [1.82, 2.24) is 9.62 Å². The number of piperazine rings is 1. The largest absolute Gasteiger partial charge is 0.312 e. The average Bonchev–Trinajstić information content (AvgIpc) is 2.33. The minimum Gasteiger partial charge on any atom is -0.312 e. The topological polar surface area (TPSA) is 49.4 Å². The van der Waals surface area contributed by atoms with Crippen molar-refractivity contribution in [3.8, 4) is 0 Å². The zero-order valence-electron chi connectivity index (χ0n) is 10.6. The Labute approximate surface area is 123 Å². The van der Waals surface area contributed by atoms with E-state index in [9.17, 15) is 8.42 Å². The molecule has 1 atom stereocenters. The SMILES string of the molecule is CC1CN(S(=O)(=O)Cc2ccc(Cl)c(Cl)c2)CCN1. The summed E-state index contributed by atoms with van der Waals surface area (Å²) in [6, 6.07) is 5.09. The van der Waals surface area contributed by atoms with E-state index >= 15 is 0 Å². The van der Waals surface area contributed by atoms with Crippen molar-refractivity contribution in [2.75, 3.05) is 19.6 Å². The molecular formula is C12H16Cl2N2O2S. The van der Waals surface area contributed by atoms with Gasteiger partial charge >= 0.3 is 0 Å². The number of halogens is 2. The lowest BCUT2D eigenvalue weighted by Crippen LogP contribution is -2.51. The zero-order valence-corrected chi connectivity index (χ0v) is 12.9. The van der Waals surface area contributed by atoms with Crippen LogP contribution in [0, 0.1) is 0 Å². The van der Waals surface area contributed by atoms with Crippen molar-refractivity contribution >= 4 is 33.2 Å². The molecule has 4 nitrogen and oxygen atoms in total. The molecule has 2 rings (SSSR count). The molecule has 1 aliphatic rings. The van der Waals surface area contributed by atoms with Crippen LogP contribution in [-0.2, 0) is 15.8 Å². The third-order valence-electron chi connectivity index (χ3n) is 3.06. The van der Waals surface area contributed by atoms with Gasteiger partial charge in [-0.25, -0.2) is 8.42 Å². The van der Waals surface area contributed by atoms with Crippen LogP contribution < -0.4 is 5.32 Å². The fourth-order valence-corrected chi connectivity index (χ4v) is 4.01. The normalized spacial score (nSPS) is 21.5. The molecule has 1 aromatic rings. The number of nitrogens with one attached hydrogen (secondary N) is 1. The Morgan fingerprint density at radius 3 is 2.74 bits per heavy atom. The number of nitrogens with zero attached hydrogens (tertiary/aromatic N) is 1. The van der Waals surface area contributed by atoms with Gasteiger partial charge in [0, 0.05) is 25.7 Å². The van der Waals surface area contributed by atoms with Crippen molar-refractivity contribution in [2.45, 2.75) is 18.7 Å². The van der Waals surface area contributed by atoms with Gasteiger partial charge in [-0.05, 0) is 24.6 Å². The molecule has 0 aliphatic carbocycles. The summed E-state index contributed by atoms with van der Waals surface area (Å²) >= 11 is 11.7. The molecule has 1 heterocycles. The summed E-state index contributed by atoms with van der Waals surface area (Å²) in [5.74, 6) is -0.0450. The van der Waals surface area contributed by atoms with Gasteiger partial charge in [0.2, 0.25) is 10.0 Å². The Morgan fingerprint density at radius 2 is 2.11 bits per heavy atom. The minimum atomic E-state index is -3.31. The second-order valence-electron chi connectivity index (χ2n) is 4.72. The van der Waals surface area contributed by atoms with Gasteiger partial charge in [-0.1, -0.05) is 29.3 Å². The van der Waals surface area contributed by atoms with Crippen LogP contribution in [-0.4, -0.2) is 38.4 Å². The smallest absolute Gasteiger partial charge is 0.218 e. The van der Waals surface area contributed by atoms with E-state index in [2.05, 4.69) is 5.32 Å². The molecule has 0 saturated carbocycles. The highest BCUT2D eigenvalue weighted by molar-refractivity contribution is 7.88. The van der Waals surface area contributed by atoms with Gasteiger partial charge in [0.1, 0.15) is 0 Å².